The summed E-state index contributed by atoms with van der Waals surface area (Å²) < 4.78 is 9.86. The molecule has 0 spiro atoms. The Kier molecular flexibility index (Phi) is 4.37. The Hall–Kier alpha value is -1.72. The van der Waals surface area contributed by atoms with Crippen molar-refractivity contribution in [2.75, 3.05) is 34.0 Å². The average molecular weight is 242 g/mol. The summed E-state index contributed by atoms with van der Waals surface area (Å²) in [7, 11) is 3.46. The molecule has 17 heavy (non-hydrogen) atoms. The van der Waals surface area contributed by atoms with Crippen molar-refractivity contribution in [3.05, 3.63) is 11.4 Å². The van der Waals surface area contributed by atoms with Crippen LogP contribution >= 0.6 is 0 Å². The van der Waals surface area contributed by atoms with E-state index in [-0.39, 0.29) is 24.6 Å². The van der Waals surface area contributed by atoms with Gasteiger partial charge >= 0.3 is 11.9 Å². The monoisotopic (exact) mass is 242 g/mol. The molecule has 0 atom stereocenters. The molecule has 1 aliphatic heterocycles. The fourth-order valence-electron chi connectivity index (χ4n) is 1.73. The summed E-state index contributed by atoms with van der Waals surface area (Å²) in [6.07, 6.45) is 0. The molecule has 0 aliphatic carbocycles. The van der Waals surface area contributed by atoms with Crippen molar-refractivity contribution in [3.8, 4) is 0 Å². The quantitative estimate of drug-likeness (QED) is 0.654. The summed E-state index contributed by atoms with van der Waals surface area (Å²) in [6.45, 7) is 4.45. The average Bonchev–Trinajstić information content (AvgIpc) is 2.54. The van der Waals surface area contributed by atoms with Crippen LogP contribution in [0.3, 0.4) is 0 Å². The highest BCUT2D eigenvalue weighted by molar-refractivity contribution is 6.00. The second-order valence-electron chi connectivity index (χ2n) is 3.68. The summed E-state index contributed by atoms with van der Waals surface area (Å²) in [5.41, 5.74) is 0.514. The number of likely N-dealkylation sites (N-methyl/N-ethyl adjacent to an activating group) is 2. The first-order chi connectivity index (χ1) is 8.02. The maximum absolute atomic E-state index is 11.8. The van der Waals surface area contributed by atoms with E-state index in [0.29, 0.717) is 6.67 Å². The van der Waals surface area contributed by atoms with E-state index in [0.717, 1.165) is 0 Å². The zero-order chi connectivity index (χ0) is 13.0. The number of esters is 2. The van der Waals surface area contributed by atoms with E-state index in [4.69, 9.17) is 9.47 Å². The molecule has 0 aromatic heterocycles. The number of nitrogens with zero attached hydrogens (tertiary/aromatic N) is 2. The van der Waals surface area contributed by atoms with Crippen molar-refractivity contribution in [1.29, 1.82) is 0 Å². The Bertz CT molecular complexity index is 319. The summed E-state index contributed by atoms with van der Waals surface area (Å²) in [5.74, 6) is -0.996. The van der Waals surface area contributed by atoms with Crippen LogP contribution in [0.4, 0.5) is 0 Å². The van der Waals surface area contributed by atoms with Crippen LogP contribution in [-0.4, -0.2) is 55.7 Å². The molecule has 6 heteroatoms. The molecule has 0 fully saturated rings. The van der Waals surface area contributed by atoms with Crippen LogP contribution in [0.5, 0.6) is 0 Å². The maximum atomic E-state index is 11.8. The summed E-state index contributed by atoms with van der Waals surface area (Å²) in [6, 6.07) is 0. The lowest BCUT2D eigenvalue weighted by Crippen LogP contribution is -2.24. The number of carbonyl (C=O) groups excluding carboxylic acids is 2. The normalized spacial score (nSPS) is 15.3. The van der Waals surface area contributed by atoms with E-state index in [1.165, 1.54) is 0 Å². The molecule has 1 heterocycles. The Morgan fingerprint density at radius 3 is 1.65 bits per heavy atom. The van der Waals surface area contributed by atoms with Crippen molar-refractivity contribution in [1.82, 2.24) is 9.80 Å². The minimum absolute atomic E-state index is 0.257. The molecule has 1 aliphatic rings. The highest BCUT2D eigenvalue weighted by atomic mass is 16.5. The van der Waals surface area contributed by atoms with E-state index in [1.807, 2.05) is 0 Å². The molecule has 0 saturated heterocycles. The molecule has 0 unspecified atom stereocenters. The number of carbonyl (C=O) groups is 2. The number of hydrogen-bond acceptors (Lipinski definition) is 6. The van der Waals surface area contributed by atoms with Gasteiger partial charge in [0, 0.05) is 14.1 Å². The van der Waals surface area contributed by atoms with Crippen LogP contribution in [0.2, 0.25) is 0 Å². The van der Waals surface area contributed by atoms with E-state index in [9.17, 15) is 9.59 Å². The van der Waals surface area contributed by atoms with Crippen LogP contribution in [0.1, 0.15) is 13.8 Å². The van der Waals surface area contributed by atoms with Crippen molar-refractivity contribution in [3.63, 3.8) is 0 Å². The van der Waals surface area contributed by atoms with Gasteiger partial charge in [0.25, 0.3) is 0 Å². The van der Waals surface area contributed by atoms with E-state index in [1.54, 1.807) is 37.7 Å². The van der Waals surface area contributed by atoms with Crippen LogP contribution in [0, 0.1) is 0 Å². The van der Waals surface area contributed by atoms with E-state index < -0.39 is 11.9 Å². The summed E-state index contributed by atoms with van der Waals surface area (Å²) >= 11 is 0. The van der Waals surface area contributed by atoms with Gasteiger partial charge in [0.2, 0.25) is 0 Å². The number of rotatable bonds is 4. The Labute approximate surface area is 101 Å². The zero-order valence-corrected chi connectivity index (χ0v) is 10.6. The lowest BCUT2D eigenvalue weighted by Gasteiger charge is -2.15. The van der Waals surface area contributed by atoms with Crippen molar-refractivity contribution >= 4 is 11.9 Å². The van der Waals surface area contributed by atoms with Gasteiger partial charge in [0.15, 0.2) is 11.4 Å². The van der Waals surface area contributed by atoms with Gasteiger partial charge in [-0.05, 0) is 13.8 Å². The maximum Gasteiger partial charge on any atom is 0.357 e. The molecule has 0 amide bonds. The standard InChI is InChI=1S/C11H18N2O4/c1-5-16-10(14)8-9(11(15)17-6-2)13(4)7-12(8)3/h5-7H2,1-4H3. The second kappa shape index (κ2) is 5.56. The molecule has 0 saturated carbocycles. The summed E-state index contributed by atoms with van der Waals surface area (Å²) in [5, 5.41) is 0. The third kappa shape index (κ3) is 2.69. The van der Waals surface area contributed by atoms with Gasteiger partial charge < -0.3 is 19.3 Å². The molecule has 0 N–H and O–H groups in total. The first-order valence-corrected chi connectivity index (χ1v) is 5.53. The van der Waals surface area contributed by atoms with Crippen molar-refractivity contribution < 1.29 is 19.1 Å². The highest BCUT2D eigenvalue weighted by Crippen LogP contribution is 2.22. The van der Waals surface area contributed by atoms with Gasteiger partial charge in [0.1, 0.15) is 0 Å². The molecule has 0 radical (unpaired) electrons. The topological polar surface area (TPSA) is 59.1 Å². The van der Waals surface area contributed by atoms with Gasteiger partial charge in [-0.15, -0.1) is 0 Å². The minimum atomic E-state index is -0.498. The predicted octanol–water partition coefficient (Wildman–Crippen LogP) is 0.159. The fraction of sp³-hybridized carbons (Fsp3) is 0.636. The van der Waals surface area contributed by atoms with Crippen LogP contribution in [-0.2, 0) is 19.1 Å². The molecule has 96 valence electrons. The first-order valence-electron chi connectivity index (χ1n) is 5.53. The third-order valence-corrected chi connectivity index (χ3v) is 2.35. The zero-order valence-electron chi connectivity index (χ0n) is 10.6. The molecule has 6 nitrogen and oxygen atoms in total. The summed E-state index contributed by atoms with van der Waals surface area (Å²) in [4.78, 5) is 26.9. The fourth-order valence-corrected chi connectivity index (χ4v) is 1.73. The molecule has 1 rings (SSSR count). The van der Waals surface area contributed by atoms with Crippen LogP contribution < -0.4 is 0 Å². The van der Waals surface area contributed by atoms with Crippen LogP contribution in [0.25, 0.3) is 0 Å². The Morgan fingerprint density at radius 1 is 1.00 bits per heavy atom. The highest BCUT2D eigenvalue weighted by Gasteiger charge is 2.35. The molecule has 0 bridgehead atoms. The van der Waals surface area contributed by atoms with Crippen molar-refractivity contribution in [2.45, 2.75) is 13.8 Å². The van der Waals surface area contributed by atoms with Gasteiger partial charge in [-0.25, -0.2) is 9.59 Å². The van der Waals surface area contributed by atoms with E-state index >= 15 is 0 Å². The smallest absolute Gasteiger partial charge is 0.357 e. The lowest BCUT2D eigenvalue weighted by atomic mass is 10.3. The minimum Gasteiger partial charge on any atom is -0.461 e. The largest absolute Gasteiger partial charge is 0.461 e. The SMILES string of the molecule is CCOC(=O)C1=C(C(=O)OCC)N(C)CN1C. The molecule has 0 aromatic carbocycles. The Morgan fingerprint density at radius 2 is 1.35 bits per heavy atom. The van der Waals surface area contributed by atoms with Gasteiger partial charge in [0.05, 0.1) is 19.9 Å². The molecular formula is C11H18N2O4. The Balaban J connectivity index is 3.04. The predicted molar refractivity (Wildman–Crippen MR) is 60.7 cm³/mol. The van der Waals surface area contributed by atoms with Crippen molar-refractivity contribution in [2.24, 2.45) is 0 Å². The van der Waals surface area contributed by atoms with Gasteiger partial charge in [-0.1, -0.05) is 0 Å². The second-order valence-corrected chi connectivity index (χ2v) is 3.68. The van der Waals surface area contributed by atoms with Crippen LogP contribution in [0.15, 0.2) is 11.4 Å². The number of hydrogen-bond donors (Lipinski definition) is 0. The molecular weight excluding hydrogens is 224 g/mol. The third-order valence-electron chi connectivity index (χ3n) is 2.35. The first kappa shape index (κ1) is 13.3. The van der Waals surface area contributed by atoms with Gasteiger partial charge in [-0.2, -0.15) is 0 Å². The number of ether oxygens (including phenoxy) is 2. The lowest BCUT2D eigenvalue weighted by molar-refractivity contribution is -0.143. The molecule has 0 aromatic rings. The van der Waals surface area contributed by atoms with Gasteiger partial charge in [-0.3, -0.25) is 0 Å². The van der Waals surface area contributed by atoms with E-state index in [2.05, 4.69) is 0 Å².